The molecule has 0 heterocycles. The molecule has 1 unspecified atom stereocenters. The highest BCUT2D eigenvalue weighted by Gasteiger charge is 2.04. The number of benzene rings is 2. The number of hydrogen-bond donors (Lipinski definition) is 1. The Morgan fingerprint density at radius 3 is 2.37 bits per heavy atom. The molecule has 0 saturated carbocycles. The number of aryl methyl sites for hydroxylation is 1. The molecule has 2 rings (SSSR count). The predicted octanol–water partition coefficient (Wildman–Crippen LogP) is 3.68. The van der Waals surface area contributed by atoms with Crippen LogP contribution in [-0.2, 0) is 6.54 Å². The molecule has 2 heteroatoms. The molecule has 0 spiro atoms. The standard InChI is InChI=1S/C17H21NO/c1-13-5-4-6-15(11-13)12-18(3)17-9-7-16(8-10-17)14(2)19/h4-11,14,19H,12H2,1-3H3. The molecule has 0 aromatic heterocycles. The SMILES string of the molecule is Cc1cccc(CN(C)c2ccc(C(C)O)cc2)c1. The number of aliphatic hydroxyl groups is 1. The molecule has 0 amide bonds. The highest BCUT2D eigenvalue weighted by atomic mass is 16.3. The van der Waals surface area contributed by atoms with Crippen LogP contribution in [0.1, 0.15) is 29.7 Å². The maximum atomic E-state index is 9.51. The summed E-state index contributed by atoms with van der Waals surface area (Å²) in [6, 6.07) is 16.6. The summed E-state index contributed by atoms with van der Waals surface area (Å²) in [5.41, 5.74) is 4.70. The molecule has 0 aliphatic heterocycles. The average Bonchev–Trinajstić information content (AvgIpc) is 2.39. The van der Waals surface area contributed by atoms with E-state index < -0.39 is 6.10 Å². The van der Waals surface area contributed by atoms with Gasteiger partial charge in [-0.15, -0.1) is 0 Å². The molecule has 1 atom stereocenters. The van der Waals surface area contributed by atoms with E-state index in [9.17, 15) is 5.11 Å². The van der Waals surface area contributed by atoms with Crippen LogP contribution in [0.4, 0.5) is 5.69 Å². The topological polar surface area (TPSA) is 23.5 Å². The molecule has 1 N–H and O–H groups in total. The smallest absolute Gasteiger partial charge is 0.0761 e. The quantitative estimate of drug-likeness (QED) is 0.900. The average molecular weight is 255 g/mol. The van der Waals surface area contributed by atoms with Gasteiger partial charge in [0.25, 0.3) is 0 Å². The van der Waals surface area contributed by atoms with E-state index in [1.807, 2.05) is 12.1 Å². The lowest BCUT2D eigenvalue weighted by Gasteiger charge is -2.20. The number of nitrogens with zero attached hydrogens (tertiary/aromatic N) is 1. The summed E-state index contributed by atoms with van der Waals surface area (Å²) in [7, 11) is 2.08. The maximum Gasteiger partial charge on any atom is 0.0761 e. The minimum absolute atomic E-state index is 0.406. The Bertz CT molecular complexity index is 531. The zero-order chi connectivity index (χ0) is 13.8. The summed E-state index contributed by atoms with van der Waals surface area (Å²) < 4.78 is 0. The Balaban J connectivity index is 2.09. The van der Waals surface area contributed by atoms with Crippen LogP contribution in [0.2, 0.25) is 0 Å². The molecule has 0 bridgehead atoms. The van der Waals surface area contributed by atoms with Gasteiger partial charge in [-0.2, -0.15) is 0 Å². The van der Waals surface area contributed by atoms with E-state index in [0.717, 1.165) is 17.8 Å². The van der Waals surface area contributed by atoms with Crippen LogP contribution in [-0.4, -0.2) is 12.2 Å². The van der Waals surface area contributed by atoms with Gasteiger partial charge in [0, 0.05) is 19.3 Å². The number of aliphatic hydroxyl groups excluding tert-OH is 1. The third-order valence-corrected chi connectivity index (χ3v) is 3.32. The van der Waals surface area contributed by atoms with Crippen molar-refractivity contribution in [2.24, 2.45) is 0 Å². The van der Waals surface area contributed by atoms with Crippen molar-refractivity contribution in [3.63, 3.8) is 0 Å². The fraction of sp³-hybridized carbons (Fsp3) is 0.294. The van der Waals surface area contributed by atoms with Gasteiger partial charge in [-0.1, -0.05) is 42.0 Å². The van der Waals surface area contributed by atoms with E-state index in [4.69, 9.17) is 0 Å². The van der Waals surface area contributed by atoms with Gasteiger partial charge in [0.05, 0.1) is 6.10 Å². The van der Waals surface area contributed by atoms with E-state index in [0.29, 0.717) is 0 Å². The van der Waals surface area contributed by atoms with E-state index >= 15 is 0 Å². The zero-order valence-electron chi connectivity index (χ0n) is 11.8. The van der Waals surface area contributed by atoms with Gasteiger partial charge >= 0.3 is 0 Å². The van der Waals surface area contributed by atoms with Crippen LogP contribution in [0.5, 0.6) is 0 Å². The first-order valence-electron chi connectivity index (χ1n) is 6.61. The van der Waals surface area contributed by atoms with Crippen molar-refractivity contribution in [1.29, 1.82) is 0 Å². The summed E-state index contributed by atoms with van der Waals surface area (Å²) in [4.78, 5) is 2.21. The summed E-state index contributed by atoms with van der Waals surface area (Å²) >= 11 is 0. The molecule has 0 radical (unpaired) electrons. The highest BCUT2D eigenvalue weighted by Crippen LogP contribution is 2.19. The second-order valence-corrected chi connectivity index (χ2v) is 5.11. The Morgan fingerprint density at radius 1 is 1.11 bits per heavy atom. The van der Waals surface area contributed by atoms with Crippen LogP contribution >= 0.6 is 0 Å². The van der Waals surface area contributed by atoms with E-state index in [1.54, 1.807) is 6.92 Å². The second kappa shape index (κ2) is 5.89. The van der Waals surface area contributed by atoms with Crippen molar-refractivity contribution in [3.05, 3.63) is 65.2 Å². The Labute approximate surface area is 115 Å². The molecule has 19 heavy (non-hydrogen) atoms. The molecule has 0 saturated heterocycles. The fourth-order valence-electron chi connectivity index (χ4n) is 2.18. The van der Waals surface area contributed by atoms with Gasteiger partial charge in [0.15, 0.2) is 0 Å². The van der Waals surface area contributed by atoms with Crippen LogP contribution in [0, 0.1) is 6.92 Å². The normalized spacial score (nSPS) is 12.2. The molecule has 0 fully saturated rings. The van der Waals surface area contributed by atoms with Crippen molar-refractivity contribution in [1.82, 2.24) is 0 Å². The largest absolute Gasteiger partial charge is 0.389 e. The van der Waals surface area contributed by atoms with Gasteiger partial charge in [-0.3, -0.25) is 0 Å². The maximum absolute atomic E-state index is 9.51. The first-order valence-corrected chi connectivity index (χ1v) is 6.61. The lowest BCUT2D eigenvalue weighted by molar-refractivity contribution is 0.199. The van der Waals surface area contributed by atoms with Gasteiger partial charge in [-0.25, -0.2) is 0 Å². The van der Waals surface area contributed by atoms with Crippen LogP contribution in [0.25, 0.3) is 0 Å². The Hall–Kier alpha value is -1.80. The Morgan fingerprint density at radius 2 is 1.79 bits per heavy atom. The van der Waals surface area contributed by atoms with Gasteiger partial charge in [0.1, 0.15) is 0 Å². The molecular weight excluding hydrogens is 234 g/mol. The molecule has 0 aliphatic carbocycles. The van der Waals surface area contributed by atoms with Gasteiger partial charge in [0.2, 0.25) is 0 Å². The highest BCUT2D eigenvalue weighted by molar-refractivity contribution is 5.47. The molecular formula is C17H21NO. The molecule has 2 aromatic carbocycles. The first-order chi connectivity index (χ1) is 9.06. The van der Waals surface area contributed by atoms with Crippen LogP contribution < -0.4 is 4.90 Å². The van der Waals surface area contributed by atoms with Gasteiger partial charge in [-0.05, 0) is 37.1 Å². The zero-order valence-corrected chi connectivity index (χ0v) is 11.8. The van der Waals surface area contributed by atoms with E-state index in [1.165, 1.54) is 11.1 Å². The third kappa shape index (κ3) is 3.58. The lowest BCUT2D eigenvalue weighted by Crippen LogP contribution is -2.16. The molecule has 100 valence electrons. The minimum Gasteiger partial charge on any atom is -0.389 e. The van der Waals surface area contributed by atoms with E-state index in [-0.39, 0.29) is 0 Å². The summed E-state index contributed by atoms with van der Waals surface area (Å²) in [6.45, 7) is 4.78. The van der Waals surface area contributed by atoms with Gasteiger partial charge < -0.3 is 10.0 Å². The minimum atomic E-state index is -0.406. The molecule has 2 aromatic rings. The first kappa shape index (κ1) is 13.6. The van der Waals surface area contributed by atoms with Crippen molar-refractivity contribution in [3.8, 4) is 0 Å². The van der Waals surface area contributed by atoms with Crippen molar-refractivity contribution in [2.45, 2.75) is 26.5 Å². The molecule has 0 aliphatic rings. The monoisotopic (exact) mass is 255 g/mol. The Kier molecular flexibility index (Phi) is 4.23. The summed E-state index contributed by atoms with van der Waals surface area (Å²) in [5.74, 6) is 0. The van der Waals surface area contributed by atoms with Crippen molar-refractivity contribution >= 4 is 5.69 Å². The molecule has 2 nitrogen and oxygen atoms in total. The van der Waals surface area contributed by atoms with E-state index in [2.05, 4.69) is 55.3 Å². The van der Waals surface area contributed by atoms with Crippen LogP contribution in [0.3, 0.4) is 0 Å². The predicted molar refractivity (Wildman–Crippen MR) is 80.4 cm³/mol. The fourth-order valence-corrected chi connectivity index (χ4v) is 2.18. The summed E-state index contributed by atoms with van der Waals surface area (Å²) in [5, 5.41) is 9.51. The second-order valence-electron chi connectivity index (χ2n) is 5.11. The van der Waals surface area contributed by atoms with Crippen molar-refractivity contribution < 1.29 is 5.11 Å². The van der Waals surface area contributed by atoms with Crippen molar-refractivity contribution in [2.75, 3.05) is 11.9 Å². The number of hydrogen-bond acceptors (Lipinski definition) is 2. The van der Waals surface area contributed by atoms with Crippen LogP contribution in [0.15, 0.2) is 48.5 Å². The lowest BCUT2D eigenvalue weighted by atomic mass is 10.1. The number of rotatable bonds is 4. The third-order valence-electron chi connectivity index (χ3n) is 3.32. The summed E-state index contributed by atoms with van der Waals surface area (Å²) in [6.07, 6.45) is -0.406. The number of anilines is 1.